The molecule has 1 unspecified atom stereocenters. The fourth-order valence-electron chi connectivity index (χ4n) is 1.73. The lowest BCUT2D eigenvalue weighted by atomic mass is 10.2. The lowest BCUT2D eigenvalue weighted by Crippen LogP contribution is -2.35. The molecule has 1 amide bonds. The van der Waals surface area contributed by atoms with Gasteiger partial charge in [-0.3, -0.25) is 9.59 Å². The second-order valence-corrected chi connectivity index (χ2v) is 5.66. The molecule has 0 aliphatic heterocycles. The highest BCUT2D eigenvalue weighted by Crippen LogP contribution is 2.12. The van der Waals surface area contributed by atoms with Crippen LogP contribution in [0.3, 0.4) is 0 Å². The number of hydrogen-bond donors (Lipinski definition) is 0. The Hall–Kier alpha value is -1.49. The lowest BCUT2D eigenvalue weighted by molar-refractivity contribution is -0.145. The Kier molecular flexibility index (Phi) is 7.15. The van der Waals surface area contributed by atoms with Crippen LogP contribution >= 0.6 is 11.8 Å². The standard InChI is InChI=1S/C15H21NO3S/c1-12(15(18)19-3)9-16(2)14(17)11-20-10-13-7-5-4-6-8-13/h4-8,12H,9-11H2,1-3H3. The first-order valence-electron chi connectivity index (χ1n) is 6.48. The number of rotatable bonds is 7. The van der Waals surface area contributed by atoms with E-state index in [4.69, 9.17) is 0 Å². The molecular weight excluding hydrogens is 274 g/mol. The van der Waals surface area contributed by atoms with Crippen LogP contribution in [0.15, 0.2) is 30.3 Å². The molecular formula is C15H21NO3S. The Balaban J connectivity index is 2.30. The molecule has 0 bridgehead atoms. The molecule has 0 radical (unpaired) electrons. The van der Waals surface area contributed by atoms with Gasteiger partial charge in [0.1, 0.15) is 0 Å². The van der Waals surface area contributed by atoms with Crippen LogP contribution in [0.2, 0.25) is 0 Å². The van der Waals surface area contributed by atoms with E-state index in [1.54, 1.807) is 30.6 Å². The number of carbonyl (C=O) groups excluding carboxylic acids is 2. The predicted molar refractivity (Wildman–Crippen MR) is 81.4 cm³/mol. The maximum absolute atomic E-state index is 11.9. The molecule has 0 N–H and O–H groups in total. The van der Waals surface area contributed by atoms with E-state index >= 15 is 0 Å². The van der Waals surface area contributed by atoms with Crippen molar-refractivity contribution in [3.63, 3.8) is 0 Å². The van der Waals surface area contributed by atoms with Gasteiger partial charge < -0.3 is 9.64 Å². The van der Waals surface area contributed by atoms with Crippen molar-refractivity contribution < 1.29 is 14.3 Å². The molecule has 1 atom stereocenters. The van der Waals surface area contributed by atoms with Gasteiger partial charge in [-0.1, -0.05) is 37.3 Å². The molecule has 0 aliphatic carbocycles. The van der Waals surface area contributed by atoms with Gasteiger partial charge in [-0.2, -0.15) is 0 Å². The zero-order valence-electron chi connectivity index (χ0n) is 12.2. The van der Waals surface area contributed by atoms with Gasteiger partial charge in [-0.15, -0.1) is 11.8 Å². The van der Waals surface area contributed by atoms with E-state index < -0.39 is 0 Å². The van der Waals surface area contributed by atoms with E-state index in [0.29, 0.717) is 12.3 Å². The number of methoxy groups -OCH3 is 1. The molecule has 0 aliphatic rings. The SMILES string of the molecule is COC(=O)C(C)CN(C)C(=O)CSCc1ccccc1. The Bertz CT molecular complexity index is 436. The summed E-state index contributed by atoms with van der Waals surface area (Å²) >= 11 is 1.58. The summed E-state index contributed by atoms with van der Waals surface area (Å²) in [5.41, 5.74) is 1.20. The Labute approximate surface area is 124 Å². The van der Waals surface area contributed by atoms with E-state index in [1.807, 2.05) is 30.3 Å². The van der Waals surface area contributed by atoms with Crippen molar-refractivity contribution in [3.05, 3.63) is 35.9 Å². The van der Waals surface area contributed by atoms with E-state index in [9.17, 15) is 9.59 Å². The normalized spacial score (nSPS) is 11.8. The number of hydrogen-bond acceptors (Lipinski definition) is 4. The van der Waals surface area contributed by atoms with Crippen LogP contribution < -0.4 is 0 Å². The fraction of sp³-hybridized carbons (Fsp3) is 0.467. The van der Waals surface area contributed by atoms with Gasteiger partial charge in [0.15, 0.2) is 0 Å². The summed E-state index contributed by atoms with van der Waals surface area (Å²) in [5.74, 6) is 0.669. The van der Waals surface area contributed by atoms with Gasteiger partial charge in [-0.25, -0.2) is 0 Å². The molecule has 1 aromatic rings. The predicted octanol–water partition coefficient (Wildman–Crippen LogP) is 2.19. The summed E-state index contributed by atoms with van der Waals surface area (Å²) < 4.78 is 4.65. The molecule has 4 nitrogen and oxygen atoms in total. The van der Waals surface area contributed by atoms with Crippen LogP contribution in [0, 0.1) is 5.92 Å². The Morgan fingerprint density at radius 2 is 1.95 bits per heavy atom. The van der Waals surface area contributed by atoms with Crippen LogP contribution in [0.4, 0.5) is 0 Å². The second-order valence-electron chi connectivity index (χ2n) is 4.68. The van der Waals surface area contributed by atoms with Crippen LogP contribution in [0.25, 0.3) is 0 Å². The Morgan fingerprint density at radius 3 is 2.55 bits per heavy atom. The van der Waals surface area contributed by atoms with Gasteiger partial charge in [0, 0.05) is 19.3 Å². The van der Waals surface area contributed by atoms with Crippen LogP contribution in [-0.2, 0) is 20.1 Å². The average Bonchev–Trinajstić information content (AvgIpc) is 2.47. The number of esters is 1. The highest BCUT2D eigenvalue weighted by Gasteiger charge is 2.18. The van der Waals surface area contributed by atoms with Crippen molar-refractivity contribution >= 4 is 23.6 Å². The van der Waals surface area contributed by atoms with Gasteiger partial charge >= 0.3 is 5.97 Å². The molecule has 0 heterocycles. The minimum atomic E-state index is -0.298. The van der Waals surface area contributed by atoms with Crippen molar-refractivity contribution in [1.82, 2.24) is 4.90 Å². The van der Waals surface area contributed by atoms with E-state index in [-0.39, 0.29) is 17.8 Å². The maximum atomic E-state index is 11.9. The molecule has 0 fully saturated rings. The number of carbonyl (C=O) groups is 2. The third kappa shape index (κ3) is 5.65. The quantitative estimate of drug-likeness (QED) is 0.723. The molecule has 0 spiro atoms. The first kappa shape index (κ1) is 16.6. The summed E-state index contributed by atoms with van der Waals surface area (Å²) in [4.78, 5) is 24.8. The number of ether oxygens (including phenoxy) is 1. The number of benzene rings is 1. The summed E-state index contributed by atoms with van der Waals surface area (Å²) in [7, 11) is 3.07. The van der Waals surface area contributed by atoms with Gasteiger partial charge in [0.2, 0.25) is 5.91 Å². The zero-order chi connectivity index (χ0) is 15.0. The van der Waals surface area contributed by atoms with Gasteiger partial charge in [0.05, 0.1) is 18.8 Å². The molecule has 20 heavy (non-hydrogen) atoms. The summed E-state index contributed by atoms with van der Waals surface area (Å²) in [6.45, 7) is 2.14. The first-order chi connectivity index (χ1) is 9.54. The smallest absolute Gasteiger partial charge is 0.310 e. The van der Waals surface area contributed by atoms with Crippen LogP contribution in [-0.4, -0.2) is 43.2 Å². The van der Waals surface area contributed by atoms with Gasteiger partial charge in [0.25, 0.3) is 0 Å². The largest absolute Gasteiger partial charge is 0.469 e. The summed E-state index contributed by atoms with van der Waals surface area (Å²) in [6, 6.07) is 10.0. The number of nitrogens with zero attached hydrogens (tertiary/aromatic N) is 1. The molecule has 1 aromatic carbocycles. The lowest BCUT2D eigenvalue weighted by Gasteiger charge is -2.20. The molecule has 0 saturated carbocycles. The number of amides is 1. The van der Waals surface area contributed by atoms with Crippen molar-refractivity contribution in [2.75, 3.05) is 26.5 Å². The van der Waals surface area contributed by atoms with Crippen molar-refractivity contribution in [2.45, 2.75) is 12.7 Å². The average molecular weight is 295 g/mol. The molecule has 0 saturated heterocycles. The third-order valence-electron chi connectivity index (χ3n) is 2.91. The topological polar surface area (TPSA) is 46.6 Å². The fourth-order valence-corrected chi connectivity index (χ4v) is 2.65. The molecule has 1 rings (SSSR count). The van der Waals surface area contributed by atoms with Crippen molar-refractivity contribution in [1.29, 1.82) is 0 Å². The first-order valence-corrected chi connectivity index (χ1v) is 7.63. The van der Waals surface area contributed by atoms with Crippen LogP contribution in [0.5, 0.6) is 0 Å². The minimum absolute atomic E-state index is 0.0293. The maximum Gasteiger partial charge on any atom is 0.310 e. The summed E-state index contributed by atoms with van der Waals surface area (Å²) in [5, 5.41) is 0. The second kappa shape index (κ2) is 8.64. The van der Waals surface area contributed by atoms with E-state index in [2.05, 4.69) is 4.74 Å². The van der Waals surface area contributed by atoms with Crippen molar-refractivity contribution in [3.8, 4) is 0 Å². The Morgan fingerprint density at radius 1 is 1.30 bits per heavy atom. The third-order valence-corrected chi connectivity index (χ3v) is 3.90. The van der Waals surface area contributed by atoms with Gasteiger partial charge in [-0.05, 0) is 5.56 Å². The monoisotopic (exact) mass is 295 g/mol. The summed E-state index contributed by atoms with van der Waals surface area (Å²) in [6.07, 6.45) is 0. The molecule has 110 valence electrons. The minimum Gasteiger partial charge on any atom is -0.469 e. The van der Waals surface area contributed by atoms with E-state index in [0.717, 1.165) is 5.75 Å². The highest BCUT2D eigenvalue weighted by molar-refractivity contribution is 7.99. The zero-order valence-corrected chi connectivity index (χ0v) is 13.0. The molecule has 0 aromatic heterocycles. The molecule has 5 heteroatoms. The van der Waals surface area contributed by atoms with Crippen LogP contribution in [0.1, 0.15) is 12.5 Å². The van der Waals surface area contributed by atoms with E-state index in [1.165, 1.54) is 12.7 Å². The number of thioether (sulfide) groups is 1. The highest BCUT2D eigenvalue weighted by atomic mass is 32.2. The van der Waals surface area contributed by atoms with Crippen molar-refractivity contribution in [2.24, 2.45) is 5.92 Å².